The lowest BCUT2D eigenvalue weighted by atomic mass is 10.2. The molecule has 1 aromatic heterocycles. The summed E-state index contributed by atoms with van der Waals surface area (Å²) in [7, 11) is 0. The Kier molecular flexibility index (Phi) is 4.44. The molecule has 0 radical (unpaired) electrons. The molecule has 1 N–H and O–H groups in total. The van der Waals surface area contributed by atoms with E-state index in [1.807, 2.05) is 0 Å². The zero-order chi connectivity index (χ0) is 15.4. The molecule has 0 aliphatic heterocycles. The van der Waals surface area contributed by atoms with E-state index in [4.69, 9.17) is 11.6 Å². The summed E-state index contributed by atoms with van der Waals surface area (Å²) in [6.07, 6.45) is 1.20. The number of nitrogens with one attached hydrogen (secondary N) is 1. The molecule has 0 spiro atoms. The maximum atomic E-state index is 13.0. The summed E-state index contributed by atoms with van der Waals surface area (Å²) in [5.41, 5.74) is -0.224. The average molecular weight is 310 g/mol. The molecule has 0 saturated carbocycles. The molecule has 0 bridgehead atoms. The van der Waals surface area contributed by atoms with Crippen LogP contribution in [0.5, 0.6) is 0 Å². The Hall–Kier alpha value is -2.54. The molecular formula is C13H9ClFN3O3. The second-order valence-electron chi connectivity index (χ2n) is 4.07. The minimum absolute atomic E-state index is 0.0354. The standard InChI is InChI=1S/C13H9ClFN3O3/c14-12-11(18(20)21)10(4-5-16-12)13(19)17-7-8-2-1-3-9(15)6-8/h1-6H,7H2,(H,17,19). The van der Waals surface area contributed by atoms with Crippen molar-refractivity contribution in [2.45, 2.75) is 6.54 Å². The molecular weight excluding hydrogens is 301 g/mol. The van der Waals surface area contributed by atoms with Crippen molar-refractivity contribution < 1.29 is 14.1 Å². The number of carbonyl (C=O) groups is 1. The van der Waals surface area contributed by atoms with E-state index in [-0.39, 0.29) is 17.3 Å². The van der Waals surface area contributed by atoms with Gasteiger partial charge in [0.05, 0.1) is 4.92 Å². The van der Waals surface area contributed by atoms with Crippen LogP contribution in [-0.4, -0.2) is 15.8 Å². The van der Waals surface area contributed by atoms with E-state index in [9.17, 15) is 19.3 Å². The SMILES string of the molecule is O=C(NCc1cccc(F)c1)c1ccnc(Cl)c1[N+](=O)[O-]. The van der Waals surface area contributed by atoms with Gasteiger partial charge in [0, 0.05) is 12.7 Å². The zero-order valence-corrected chi connectivity index (χ0v) is 11.3. The van der Waals surface area contributed by atoms with Crippen molar-refractivity contribution in [3.8, 4) is 0 Å². The fourth-order valence-electron chi connectivity index (χ4n) is 1.71. The number of aromatic nitrogens is 1. The molecule has 1 aromatic carbocycles. The van der Waals surface area contributed by atoms with Gasteiger partial charge in [0.2, 0.25) is 5.15 Å². The van der Waals surface area contributed by atoms with E-state index in [2.05, 4.69) is 10.3 Å². The first kappa shape index (κ1) is 14.9. The predicted molar refractivity (Wildman–Crippen MR) is 73.5 cm³/mol. The van der Waals surface area contributed by atoms with E-state index < -0.39 is 22.3 Å². The lowest BCUT2D eigenvalue weighted by molar-refractivity contribution is -0.385. The first-order valence-corrected chi connectivity index (χ1v) is 6.18. The van der Waals surface area contributed by atoms with Crippen LogP contribution in [0, 0.1) is 15.9 Å². The third-order valence-electron chi connectivity index (χ3n) is 2.65. The topological polar surface area (TPSA) is 85.1 Å². The predicted octanol–water partition coefficient (Wildman–Crippen LogP) is 2.71. The van der Waals surface area contributed by atoms with E-state index in [0.29, 0.717) is 5.56 Å². The summed E-state index contributed by atoms with van der Waals surface area (Å²) in [5.74, 6) is -1.12. The van der Waals surface area contributed by atoms with Gasteiger partial charge in [0.25, 0.3) is 5.91 Å². The quantitative estimate of drug-likeness (QED) is 0.534. The largest absolute Gasteiger partial charge is 0.348 e. The Labute approximate surface area is 123 Å². The summed E-state index contributed by atoms with van der Waals surface area (Å²) in [6, 6.07) is 6.86. The van der Waals surface area contributed by atoms with Gasteiger partial charge in [-0.2, -0.15) is 0 Å². The molecule has 0 unspecified atom stereocenters. The first-order valence-electron chi connectivity index (χ1n) is 5.80. The fraction of sp³-hybridized carbons (Fsp3) is 0.0769. The molecule has 6 nitrogen and oxygen atoms in total. The first-order chi connectivity index (χ1) is 9.99. The number of amides is 1. The van der Waals surface area contributed by atoms with Gasteiger partial charge in [-0.25, -0.2) is 9.37 Å². The van der Waals surface area contributed by atoms with Crippen LogP contribution in [0.2, 0.25) is 5.15 Å². The van der Waals surface area contributed by atoms with E-state index in [0.717, 1.165) is 0 Å². The molecule has 2 aromatic rings. The van der Waals surface area contributed by atoms with Crippen LogP contribution in [0.3, 0.4) is 0 Å². The Bertz CT molecular complexity index is 709. The van der Waals surface area contributed by atoms with Crippen LogP contribution in [0.4, 0.5) is 10.1 Å². The van der Waals surface area contributed by atoms with Crippen LogP contribution in [-0.2, 0) is 6.54 Å². The molecule has 21 heavy (non-hydrogen) atoms. The summed E-state index contributed by atoms with van der Waals surface area (Å²) >= 11 is 5.62. The van der Waals surface area contributed by atoms with Gasteiger partial charge in [-0.15, -0.1) is 0 Å². The van der Waals surface area contributed by atoms with E-state index in [1.54, 1.807) is 6.07 Å². The molecule has 0 atom stereocenters. The van der Waals surface area contributed by atoms with Gasteiger partial charge in [-0.05, 0) is 23.8 Å². The molecule has 1 heterocycles. The van der Waals surface area contributed by atoms with Gasteiger partial charge in [-0.3, -0.25) is 14.9 Å². The maximum absolute atomic E-state index is 13.0. The van der Waals surface area contributed by atoms with Crippen molar-refractivity contribution in [1.29, 1.82) is 0 Å². The molecule has 0 fully saturated rings. The van der Waals surface area contributed by atoms with Gasteiger partial charge >= 0.3 is 5.69 Å². The van der Waals surface area contributed by atoms with Crippen molar-refractivity contribution >= 4 is 23.2 Å². The zero-order valence-electron chi connectivity index (χ0n) is 10.5. The van der Waals surface area contributed by atoms with Crippen LogP contribution in [0.1, 0.15) is 15.9 Å². The fourth-order valence-corrected chi connectivity index (χ4v) is 1.94. The highest BCUT2D eigenvalue weighted by Crippen LogP contribution is 2.25. The van der Waals surface area contributed by atoms with E-state index in [1.165, 1.54) is 30.5 Å². The molecule has 2 rings (SSSR count). The lowest BCUT2D eigenvalue weighted by Gasteiger charge is -2.06. The Morgan fingerprint density at radius 3 is 2.86 bits per heavy atom. The molecule has 8 heteroatoms. The van der Waals surface area contributed by atoms with Gasteiger partial charge in [0.1, 0.15) is 11.4 Å². The highest BCUT2D eigenvalue weighted by molar-refractivity contribution is 6.32. The number of nitrogens with zero attached hydrogens (tertiary/aromatic N) is 2. The number of nitro groups is 1. The number of rotatable bonds is 4. The number of hydrogen-bond acceptors (Lipinski definition) is 4. The number of benzene rings is 1. The summed E-state index contributed by atoms with van der Waals surface area (Å²) < 4.78 is 13.0. The second kappa shape index (κ2) is 6.27. The van der Waals surface area contributed by atoms with Gasteiger partial charge in [-0.1, -0.05) is 23.7 Å². The highest BCUT2D eigenvalue weighted by atomic mass is 35.5. The normalized spacial score (nSPS) is 10.2. The third kappa shape index (κ3) is 3.51. The van der Waals surface area contributed by atoms with Gasteiger partial charge < -0.3 is 5.32 Å². The minimum Gasteiger partial charge on any atom is -0.348 e. The Morgan fingerprint density at radius 2 is 2.19 bits per heavy atom. The van der Waals surface area contributed by atoms with Crippen LogP contribution >= 0.6 is 11.6 Å². The van der Waals surface area contributed by atoms with Crippen molar-refractivity contribution in [2.75, 3.05) is 0 Å². The molecule has 1 amide bonds. The molecule has 0 saturated heterocycles. The number of pyridine rings is 1. The van der Waals surface area contributed by atoms with Gasteiger partial charge in [0.15, 0.2) is 0 Å². The Balaban J connectivity index is 2.18. The molecule has 108 valence electrons. The van der Waals surface area contributed by atoms with Crippen molar-refractivity contribution in [2.24, 2.45) is 0 Å². The summed E-state index contributed by atoms with van der Waals surface area (Å²) in [4.78, 5) is 25.7. The van der Waals surface area contributed by atoms with Crippen LogP contribution in [0.15, 0.2) is 36.5 Å². The van der Waals surface area contributed by atoms with Crippen LogP contribution in [0.25, 0.3) is 0 Å². The monoisotopic (exact) mass is 309 g/mol. The van der Waals surface area contributed by atoms with Crippen molar-refractivity contribution in [1.82, 2.24) is 10.3 Å². The second-order valence-corrected chi connectivity index (χ2v) is 4.43. The third-order valence-corrected chi connectivity index (χ3v) is 2.93. The van der Waals surface area contributed by atoms with Crippen molar-refractivity contribution in [3.63, 3.8) is 0 Å². The van der Waals surface area contributed by atoms with Crippen molar-refractivity contribution in [3.05, 3.63) is 68.7 Å². The highest BCUT2D eigenvalue weighted by Gasteiger charge is 2.24. The molecule has 0 aliphatic carbocycles. The number of carbonyl (C=O) groups excluding carboxylic acids is 1. The Morgan fingerprint density at radius 1 is 1.43 bits per heavy atom. The summed E-state index contributed by atoms with van der Waals surface area (Å²) in [5, 5.41) is 13.0. The molecule has 0 aliphatic rings. The van der Waals surface area contributed by atoms with E-state index >= 15 is 0 Å². The van der Waals surface area contributed by atoms with Crippen LogP contribution < -0.4 is 5.32 Å². The average Bonchev–Trinajstić information content (AvgIpc) is 2.44. The lowest BCUT2D eigenvalue weighted by Crippen LogP contribution is -2.24. The smallest absolute Gasteiger partial charge is 0.319 e. The number of hydrogen-bond donors (Lipinski definition) is 1. The minimum atomic E-state index is -0.771. The number of halogens is 2. The maximum Gasteiger partial charge on any atom is 0.319 e. The summed E-state index contributed by atoms with van der Waals surface area (Å²) in [6.45, 7) is 0.0354.